The number of rotatable bonds is 3. The summed E-state index contributed by atoms with van der Waals surface area (Å²) < 4.78 is 22.3. The average molecular weight is 409 g/mol. The lowest BCUT2D eigenvalue weighted by Gasteiger charge is -2.29. The number of hydrogen-bond donors (Lipinski definition) is 0. The predicted molar refractivity (Wildman–Crippen MR) is 111 cm³/mol. The Bertz CT molecular complexity index is 1080. The summed E-state index contributed by atoms with van der Waals surface area (Å²) in [4.78, 5) is 16.7. The lowest BCUT2D eigenvalue weighted by Crippen LogP contribution is -2.37. The highest BCUT2D eigenvalue weighted by Crippen LogP contribution is 2.39. The molecule has 2 aromatic carbocycles. The van der Waals surface area contributed by atoms with Crippen LogP contribution in [0.25, 0.3) is 10.4 Å². The summed E-state index contributed by atoms with van der Waals surface area (Å²) in [6.07, 6.45) is 0. The molecular formula is C22H19NO5S. The molecule has 3 heterocycles. The fourth-order valence-corrected chi connectivity index (χ4v) is 4.42. The molecule has 7 heteroatoms. The average Bonchev–Trinajstić information content (AvgIpc) is 3.28. The standard InChI is InChI=1S/C22H19NO5S/c1-25-15-3-5-17-16(13-15)23(8-9-26-17)22(24)21-7-6-20(29-21)14-2-4-18-19(12-14)28-11-10-27-18/h2-7,12-13H,8-11H2,1H3. The largest absolute Gasteiger partial charge is 0.497 e. The van der Waals surface area contributed by atoms with E-state index in [9.17, 15) is 4.79 Å². The van der Waals surface area contributed by atoms with Crippen LogP contribution in [0, 0.1) is 0 Å². The molecule has 0 radical (unpaired) electrons. The van der Waals surface area contributed by atoms with E-state index in [4.69, 9.17) is 18.9 Å². The van der Waals surface area contributed by atoms with Gasteiger partial charge in [0.1, 0.15) is 31.3 Å². The number of amides is 1. The molecule has 1 amide bonds. The Kier molecular flexibility index (Phi) is 4.52. The van der Waals surface area contributed by atoms with Crippen LogP contribution in [0.5, 0.6) is 23.0 Å². The molecule has 2 aliphatic rings. The number of carbonyl (C=O) groups is 1. The molecule has 0 saturated heterocycles. The van der Waals surface area contributed by atoms with E-state index in [1.807, 2.05) is 48.5 Å². The number of ether oxygens (including phenoxy) is 4. The van der Waals surface area contributed by atoms with Crippen molar-refractivity contribution in [3.05, 3.63) is 53.4 Å². The summed E-state index contributed by atoms with van der Waals surface area (Å²) in [6.45, 7) is 2.07. The molecule has 0 spiro atoms. The molecule has 6 nitrogen and oxygen atoms in total. The van der Waals surface area contributed by atoms with Gasteiger partial charge in [0.05, 0.1) is 24.2 Å². The topological polar surface area (TPSA) is 57.2 Å². The summed E-state index contributed by atoms with van der Waals surface area (Å²) >= 11 is 1.46. The second-order valence-corrected chi connectivity index (χ2v) is 7.75. The van der Waals surface area contributed by atoms with Gasteiger partial charge in [0.25, 0.3) is 5.91 Å². The normalized spacial score (nSPS) is 14.7. The van der Waals surface area contributed by atoms with Crippen LogP contribution >= 0.6 is 11.3 Å². The molecule has 29 heavy (non-hydrogen) atoms. The van der Waals surface area contributed by atoms with Gasteiger partial charge in [-0.3, -0.25) is 4.79 Å². The first kappa shape index (κ1) is 17.9. The minimum atomic E-state index is -0.0448. The highest BCUT2D eigenvalue weighted by atomic mass is 32.1. The van der Waals surface area contributed by atoms with E-state index in [-0.39, 0.29) is 5.91 Å². The number of nitrogens with zero attached hydrogens (tertiary/aromatic N) is 1. The third kappa shape index (κ3) is 3.27. The fraction of sp³-hybridized carbons (Fsp3) is 0.227. The van der Waals surface area contributed by atoms with E-state index < -0.39 is 0 Å². The summed E-state index contributed by atoms with van der Waals surface area (Å²) in [6, 6.07) is 15.2. The number of fused-ring (bicyclic) bond motifs is 2. The Morgan fingerprint density at radius 3 is 2.59 bits per heavy atom. The summed E-state index contributed by atoms with van der Waals surface area (Å²) in [5.74, 6) is 2.83. The molecule has 0 fully saturated rings. The molecule has 2 aliphatic heterocycles. The molecule has 0 N–H and O–H groups in total. The smallest absolute Gasteiger partial charge is 0.268 e. The Labute approximate surface area is 172 Å². The second-order valence-electron chi connectivity index (χ2n) is 6.66. The van der Waals surface area contributed by atoms with Gasteiger partial charge in [-0.2, -0.15) is 0 Å². The Hall–Kier alpha value is -3.19. The van der Waals surface area contributed by atoms with Crippen LogP contribution in [0.3, 0.4) is 0 Å². The maximum absolute atomic E-state index is 13.2. The molecule has 0 bridgehead atoms. The molecule has 0 unspecified atom stereocenters. The Balaban J connectivity index is 1.44. The van der Waals surface area contributed by atoms with Crippen LogP contribution in [0.1, 0.15) is 9.67 Å². The molecule has 148 valence electrons. The third-order valence-electron chi connectivity index (χ3n) is 4.92. The van der Waals surface area contributed by atoms with Crippen LogP contribution in [-0.2, 0) is 0 Å². The number of methoxy groups -OCH3 is 1. The number of anilines is 1. The van der Waals surface area contributed by atoms with Crippen molar-refractivity contribution < 1.29 is 23.7 Å². The first-order chi connectivity index (χ1) is 14.2. The van der Waals surface area contributed by atoms with Gasteiger partial charge in [-0.1, -0.05) is 0 Å². The highest BCUT2D eigenvalue weighted by Gasteiger charge is 2.26. The zero-order valence-electron chi connectivity index (χ0n) is 15.8. The minimum absolute atomic E-state index is 0.0448. The van der Waals surface area contributed by atoms with Crippen LogP contribution in [0.4, 0.5) is 5.69 Å². The maximum atomic E-state index is 13.2. The molecule has 0 saturated carbocycles. The van der Waals surface area contributed by atoms with E-state index >= 15 is 0 Å². The van der Waals surface area contributed by atoms with Gasteiger partial charge < -0.3 is 23.8 Å². The third-order valence-corrected chi connectivity index (χ3v) is 6.04. The molecular weight excluding hydrogens is 390 g/mol. The predicted octanol–water partition coefficient (Wildman–Crippen LogP) is 4.23. The van der Waals surface area contributed by atoms with Gasteiger partial charge >= 0.3 is 0 Å². The van der Waals surface area contributed by atoms with Crippen molar-refractivity contribution in [1.82, 2.24) is 0 Å². The van der Waals surface area contributed by atoms with E-state index in [0.717, 1.165) is 27.6 Å². The number of hydrogen-bond acceptors (Lipinski definition) is 6. The van der Waals surface area contributed by atoms with Crippen molar-refractivity contribution >= 4 is 22.9 Å². The first-order valence-electron chi connectivity index (χ1n) is 9.35. The second kappa shape index (κ2) is 7.33. The summed E-state index contributed by atoms with van der Waals surface area (Å²) in [5, 5.41) is 0. The van der Waals surface area contributed by atoms with Gasteiger partial charge in [0.2, 0.25) is 0 Å². The zero-order chi connectivity index (χ0) is 19.8. The van der Waals surface area contributed by atoms with Gasteiger partial charge in [-0.05, 0) is 48.0 Å². The number of benzene rings is 2. The molecule has 1 aromatic heterocycles. The summed E-state index contributed by atoms with van der Waals surface area (Å²) in [5.41, 5.74) is 1.73. The Morgan fingerprint density at radius 1 is 0.931 bits per heavy atom. The van der Waals surface area contributed by atoms with Gasteiger partial charge in [-0.15, -0.1) is 11.3 Å². The SMILES string of the molecule is COc1ccc2c(c1)N(C(=O)c1ccc(-c3ccc4c(c3)OCCO4)s1)CCO2. The maximum Gasteiger partial charge on any atom is 0.268 e. The van der Waals surface area contributed by atoms with E-state index in [0.29, 0.717) is 42.7 Å². The van der Waals surface area contributed by atoms with Gasteiger partial charge in [-0.25, -0.2) is 0 Å². The van der Waals surface area contributed by atoms with Crippen LogP contribution in [-0.4, -0.2) is 39.4 Å². The van der Waals surface area contributed by atoms with Crippen molar-refractivity contribution in [2.24, 2.45) is 0 Å². The lowest BCUT2D eigenvalue weighted by molar-refractivity contribution is 0.0980. The highest BCUT2D eigenvalue weighted by molar-refractivity contribution is 7.17. The molecule has 0 atom stereocenters. The monoisotopic (exact) mass is 409 g/mol. The van der Waals surface area contributed by atoms with Crippen molar-refractivity contribution in [2.75, 3.05) is 38.4 Å². The van der Waals surface area contributed by atoms with E-state index in [1.165, 1.54) is 11.3 Å². The van der Waals surface area contributed by atoms with Gasteiger partial charge in [0, 0.05) is 10.9 Å². The van der Waals surface area contributed by atoms with Crippen molar-refractivity contribution in [1.29, 1.82) is 0 Å². The quantitative estimate of drug-likeness (QED) is 0.648. The van der Waals surface area contributed by atoms with Gasteiger partial charge in [0.15, 0.2) is 11.5 Å². The van der Waals surface area contributed by atoms with E-state index in [2.05, 4.69) is 0 Å². The number of carbonyl (C=O) groups excluding carboxylic acids is 1. The molecule has 5 rings (SSSR count). The van der Waals surface area contributed by atoms with Crippen molar-refractivity contribution in [3.8, 4) is 33.4 Å². The summed E-state index contributed by atoms with van der Waals surface area (Å²) in [7, 11) is 1.61. The van der Waals surface area contributed by atoms with Crippen molar-refractivity contribution in [3.63, 3.8) is 0 Å². The molecule has 3 aromatic rings. The lowest BCUT2D eigenvalue weighted by atomic mass is 10.1. The minimum Gasteiger partial charge on any atom is -0.497 e. The van der Waals surface area contributed by atoms with Crippen LogP contribution in [0.15, 0.2) is 48.5 Å². The Morgan fingerprint density at radius 2 is 1.72 bits per heavy atom. The fourth-order valence-electron chi connectivity index (χ4n) is 3.47. The van der Waals surface area contributed by atoms with Crippen molar-refractivity contribution in [2.45, 2.75) is 0 Å². The van der Waals surface area contributed by atoms with Crippen LogP contribution < -0.4 is 23.8 Å². The van der Waals surface area contributed by atoms with Crippen LogP contribution in [0.2, 0.25) is 0 Å². The first-order valence-corrected chi connectivity index (χ1v) is 10.2. The molecule has 0 aliphatic carbocycles. The van der Waals surface area contributed by atoms with E-state index in [1.54, 1.807) is 12.0 Å². The zero-order valence-corrected chi connectivity index (χ0v) is 16.7. The number of thiophene rings is 1.